The van der Waals surface area contributed by atoms with Gasteiger partial charge in [-0.1, -0.05) is 96.2 Å². The molecular weight excluding hydrogens is 566 g/mol. The number of carbonyl (C=O) groups is 1. The first-order valence-electron chi connectivity index (χ1n) is 14.6. The van der Waals surface area contributed by atoms with Gasteiger partial charge in [0, 0.05) is 17.1 Å². The lowest BCUT2D eigenvalue weighted by molar-refractivity contribution is -0.113. The number of nitrogens with one attached hydrogen (secondary N) is 2. The van der Waals surface area contributed by atoms with E-state index in [0.717, 1.165) is 45.1 Å². The molecule has 5 aromatic rings. The molecule has 0 saturated carbocycles. The molecule has 1 amide bonds. The zero-order valence-corrected chi connectivity index (χ0v) is 26.1. The summed E-state index contributed by atoms with van der Waals surface area (Å²) in [5, 5.41) is 12.1. The Hall–Kier alpha value is -4.82. The topological polar surface area (TPSA) is 81.1 Å². The van der Waals surface area contributed by atoms with E-state index in [0.29, 0.717) is 23.3 Å². The Morgan fingerprint density at radius 1 is 0.909 bits per heavy atom. The number of benzene rings is 4. The maximum absolute atomic E-state index is 14.1. The van der Waals surface area contributed by atoms with Gasteiger partial charge in [-0.05, 0) is 73.7 Å². The summed E-state index contributed by atoms with van der Waals surface area (Å²) in [5.74, 6) is 1.86. The second-order valence-corrected chi connectivity index (χ2v) is 12.0. The van der Waals surface area contributed by atoms with E-state index in [-0.39, 0.29) is 5.91 Å². The number of ether oxygens (including phenoxy) is 1. The predicted molar refractivity (Wildman–Crippen MR) is 177 cm³/mol. The fourth-order valence-corrected chi connectivity index (χ4v) is 6.15. The number of thioether (sulfide) groups is 1. The third kappa shape index (κ3) is 6.40. The molecule has 8 heteroatoms. The van der Waals surface area contributed by atoms with Gasteiger partial charge in [0.15, 0.2) is 0 Å². The SMILES string of the molecule is CC1=C(C(=O)Nc2ccc(C)cc2C)C(c2cccc(OCc3ccccc3C)c2)n2nc(SCc3ccccc3)nc2N1. The Morgan fingerprint density at radius 3 is 2.50 bits per heavy atom. The van der Waals surface area contributed by atoms with Crippen LogP contribution in [0.3, 0.4) is 0 Å². The average Bonchev–Trinajstić information content (AvgIpc) is 3.43. The highest BCUT2D eigenvalue weighted by Crippen LogP contribution is 2.38. The molecule has 0 aliphatic carbocycles. The Labute approximate surface area is 262 Å². The standard InChI is InChI=1S/C36H35N5O2S/c1-23-17-18-31(25(3)19-23)38-34(42)32-26(4)37-35-39-36(44-22-27-12-6-5-7-13-27)40-41(35)33(32)28-15-10-16-30(20-28)43-21-29-14-9-8-11-24(29)2/h5-20,33H,21-22H2,1-4H3,(H,38,42)(H,37,39,40). The van der Waals surface area contributed by atoms with Gasteiger partial charge in [0.25, 0.3) is 5.91 Å². The molecule has 2 N–H and O–H groups in total. The summed E-state index contributed by atoms with van der Waals surface area (Å²) < 4.78 is 8.07. The molecule has 2 heterocycles. The first kappa shape index (κ1) is 29.3. The van der Waals surface area contributed by atoms with Crippen molar-refractivity contribution in [2.24, 2.45) is 0 Å². The molecule has 0 radical (unpaired) electrons. The van der Waals surface area contributed by atoms with E-state index in [1.807, 2.05) is 92.2 Å². The predicted octanol–water partition coefficient (Wildman–Crippen LogP) is 8.00. The van der Waals surface area contributed by atoms with Crippen LogP contribution < -0.4 is 15.4 Å². The molecule has 1 aliphatic heterocycles. The van der Waals surface area contributed by atoms with Crippen molar-refractivity contribution in [1.29, 1.82) is 0 Å². The number of hydrogen-bond acceptors (Lipinski definition) is 6. The second-order valence-electron chi connectivity index (χ2n) is 11.1. The van der Waals surface area contributed by atoms with Gasteiger partial charge in [0.05, 0.1) is 5.57 Å². The van der Waals surface area contributed by atoms with Gasteiger partial charge in [-0.3, -0.25) is 4.79 Å². The largest absolute Gasteiger partial charge is 0.489 e. The van der Waals surface area contributed by atoms with Crippen LogP contribution in [0.5, 0.6) is 5.75 Å². The maximum Gasteiger partial charge on any atom is 0.255 e. The summed E-state index contributed by atoms with van der Waals surface area (Å²) in [6, 6.07) is 31.9. The summed E-state index contributed by atoms with van der Waals surface area (Å²) in [6.07, 6.45) is 0. The zero-order chi connectivity index (χ0) is 30.6. The molecule has 4 aromatic carbocycles. The van der Waals surface area contributed by atoms with Crippen LogP contribution in [0.2, 0.25) is 0 Å². The van der Waals surface area contributed by atoms with Crippen molar-refractivity contribution in [3.05, 3.63) is 142 Å². The highest BCUT2D eigenvalue weighted by atomic mass is 32.2. The number of carbonyl (C=O) groups excluding carboxylic acids is 1. The zero-order valence-electron chi connectivity index (χ0n) is 25.3. The van der Waals surface area contributed by atoms with Crippen LogP contribution in [0.1, 0.15) is 46.3 Å². The third-order valence-electron chi connectivity index (χ3n) is 7.75. The number of hydrogen-bond donors (Lipinski definition) is 2. The summed E-state index contributed by atoms with van der Waals surface area (Å²) >= 11 is 1.56. The molecule has 44 heavy (non-hydrogen) atoms. The maximum atomic E-state index is 14.1. The van der Waals surface area contributed by atoms with Crippen molar-refractivity contribution >= 4 is 29.3 Å². The first-order chi connectivity index (χ1) is 21.4. The smallest absolute Gasteiger partial charge is 0.255 e. The van der Waals surface area contributed by atoms with Gasteiger partial charge in [-0.2, -0.15) is 4.98 Å². The molecule has 1 unspecified atom stereocenters. The number of aryl methyl sites for hydroxylation is 3. The molecule has 0 bridgehead atoms. The molecule has 1 aliphatic rings. The van der Waals surface area contributed by atoms with E-state index >= 15 is 0 Å². The summed E-state index contributed by atoms with van der Waals surface area (Å²) in [4.78, 5) is 18.9. The summed E-state index contributed by atoms with van der Waals surface area (Å²) in [7, 11) is 0. The number of rotatable bonds is 9. The van der Waals surface area contributed by atoms with Gasteiger partial charge in [-0.25, -0.2) is 4.68 Å². The minimum Gasteiger partial charge on any atom is -0.489 e. The molecule has 0 fully saturated rings. The lowest BCUT2D eigenvalue weighted by Crippen LogP contribution is -2.31. The highest BCUT2D eigenvalue weighted by Gasteiger charge is 2.35. The van der Waals surface area contributed by atoms with Crippen LogP contribution in [0.15, 0.2) is 113 Å². The molecular formula is C36H35N5O2S. The van der Waals surface area contributed by atoms with E-state index < -0.39 is 6.04 Å². The number of nitrogens with zero attached hydrogens (tertiary/aromatic N) is 3. The van der Waals surface area contributed by atoms with Crippen molar-refractivity contribution in [1.82, 2.24) is 14.8 Å². The molecule has 6 rings (SSSR count). The van der Waals surface area contributed by atoms with Crippen LogP contribution in [-0.4, -0.2) is 20.7 Å². The molecule has 1 atom stereocenters. The van der Waals surface area contributed by atoms with Crippen LogP contribution in [0.25, 0.3) is 0 Å². The van der Waals surface area contributed by atoms with E-state index in [2.05, 4.69) is 47.9 Å². The third-order valence-corrected chi connectivity index (χ3v) is 8.66. The van der Waals surface area contributed by atoms with Crippen molar-refractivity contribution in [3.8, 4) is 5.75 Å². The van der Waals surface area contributed by atoms with Crippen molar-refractivity contribution in [3.63, 3.8) is 0 Å². The van der Waals surface area contributed by atoms with E-state index in [1.165, 1.54) is 11.1 Å². The minimum atomic E-state index is -0.516. The van der Waals surface area contributed by atoms with Gasteiger partial charge < -0.3 is 15.4 Å². The fourth-order valence-electron chi connectivity index (χ4n) is 5.37. The Balaban J connectivity index is 1.34. The van der Waals surface area contributed by atoms with Crippen molar-refractivity contribution < 1.29 is 9.53 Å². The number of fused-ring (bicyclic) bond motifs is 1. The number of aromatic nitrogens is 3. The Kier molecular flexibility index (Phi) is 8.52. The molecule has 1 aromatic heterocycles. The van der Waals surface area contributed by atoms with Gasteiger partial charge >= 0.3 is 0 Å². The van der Waals surface area contributed by atoms with Crippen molar-refractivity contribution in [2.75, 3.05) is 10.6 Å². The van der Waals surface area contributed by atoms with E-state index in [9.17, 15) is 4.79 Å². The first-order valence-corrected chi connectivity index (χ1v) is 15.6. The molecule has 0 spiro atoms. The summed E-state index contributed by atoms with van der Waals surface area (Å²) in [5.41, 5.74) is 8.59. The minimum absolute atomic E-state index is 0.196. The van der Waals surface area contributed by atoms with Crippen LogP contribution in [-0.2, 0) is 17.2 Å². The van der Waals surface area contributed by atoms with Gasteiger partial charge in [0.2, 0.25) is 11.1 Å². The molecule has 222 valence electrons. The average molecular weight is 602 g/mol. The van der Waals surface area contributed by atoms with Crippen LogP contribution in [0.4, 0.5) is 11.6 Å². The highest BCUT2D eigenvalue weighted by molar-refractivity contribution is 7.98. The van der Waals surface area contributed by atoms with Gasteiger partial charge in [0.1, 0.15) is 18.4 Å². The molecule has 7 nitrogen and oxygen atoms in total. The summed E-state index contributed by atoms with van der Waals surface area (Å²) in [6.45, 7) is 8.49. The quantitative estimate of drug-likeness (QED) is 0.167. The van der Waals surface area contributed by atoms with Crippen LogP contribution >= 0.6 is 11.8 Å². The van der Waals surface area contributed by atoms with E-state index in [1.54, 1.807) is 11.8 Å². The fraction of sp³-hybridized carbons (Fsp3) is 0.194. The van der Waals surface area contributed by atoms with Crippen molar-refractivity contribution in [2.45, 2.75) is 51.3 Å². The van der Waals surface area contributed by atoms with Gasteiger partial charge in [-0.15, -0.1) is 5.10 Å². The molecule has 0 saturated heterocycles. The second kappa shape index (κ2) is 12.8. The monoisotopic (exact) mass is 601 g/mol. The van der Waals surface area contributed by atoms with Crippen LogP contribution in [0, 0.1) is 20.8 Å². The number of anilines is 2. The Morgan fingerprint density at radius 2 is 1.70 bits per heavy atom. The lowest BCUT2D eigenvalue weighted by atomic mass is 9.94. The lowest BCUT2D eigenvalue weighted by Gasteiger charge is -2.29. The van der Waals surface area contributed by atoms with E-state index in [4.69, 9.17) is 14.8 Å². The Bertz CT molecular complexity index is 1850. The number of allylic oxidation sites excluding steroid dienone is 1. The normalized spacial score (nSPS) is 14.1. The number of amides is 1.